The number of nitrogens with one attached hydrogen (secondary N) is 1. The quantitative estimate of drug-likeness (QED) is 0.530. The monoisotopic (exact) mass is 274 g/mol. The van der Waals surface area contributed by atoms with Gasteiger partial charge in [0.05, 0.1) is 12.1 Å². The van der Waals surface area contributed by atoms with E-state index in [4.69, 9.17) is 11.1 Å². The highest BCUT2D eigenvalue weighted by atomic mass is 32.2. The summed E-state index contributed by atoms with van der Waals surface area (Å²) in [5, 5.41) is 7.39. The molecule has 0 atom stereocenters. The van der Waals surface area contributed by atoms with Crippen LogP contribution in [0.3, 0.4) is 0 Å². The fourth-order valence-corrected chi connectivity index (χ4v) is 3.49. The third-order valence-corrected chi connectivity index (χ3v) is 5.19. The lowest BCUT2D eigenvalue weighted by Crippen LogP contribution is -2.49. The molecule has 1 aliphatic carbocycles. The molecule has 0 bridgehead atoms. The van der Waals surface area contributed by atoms with E-state index in [1.165, 1.54) is 10.6 Å². The summed E-state index contributed by atoms with van der Waals surface area (Å²) in [7, 11) is -3.04. The molecule has 6 nitrogen and oxygen atoms in total. The van der Waals surface area contributed by atoms with Crippen LogP contribution in [-0.4, -0.2) is 62.4 Å². The van der Waals surface area contributed by atoms with Crippen molar-refractivity contribution < 1.29 is 8.42 Å². The summed E-state index contributed by atoms with van der Waals surface area (Å²) in [5.74, 6) is 0.266. The molecule has 2 fully saturated rings. The fourth-order valence-electron chi connectivity index (χ4n) is 2.67. The fraction of sp³-hybridized carbons (Fsp3) is 0.909. The molecule has 1 aliphatic heterocycles. The second kappa shape index (κ2) is 4.79. The predicted octanol–water partition coefficient (Wildman–Crippen LogP) is -0.330. The van der Waals surface area contributed by atoms with Crippen LogP contribution in [0.2, 0.25) is 0 Å². The first-order valence-corrected chi connectivity index (χ1v) is 8.16. The molecule has 104 valence electrons. The van der Waals surface area contributed by atoms with Gasteiger partial charge in [0.15, 0.2) is 0 Å². The SMILES string of the molecule is CS(=O)(=O)N1CCN(CC2(CC(=N)N)CC2)CC1. The van der Waals surface area contributed by atoms with Crippen LogP contribution in [0.15, 0.2) is 0 Å². The molecule has 2 rings (SSSR count). The third kappa shape index (κ3) is 3.43. The van der Waals surface area contributed by atoms with Crippen molar-refractivity contribution in [3.8, 4) is 0 Å². The summed E-state index contributed by atoms with van der Waals surface area (Å²) in [6.45, 7) is 3.67. The van der Waals surface area contributed by atoms with E-state index < -0.39 is 10.0 Å². The van der Waals surface area contributed by atoms with Gasteiger partial charge in [0.2, 0.25) is 10.0 Å². The number of sulfonamides is 1. The van der Waals surface area contributed by atoms with E-state index in [2.05, 4.69) is 4.90 Å². The van der Waals surface area contributed by atoms with Crippen LogP contribution in [0.25, 0.3) is 0 Å². The van der Waals surface area contributed by atoms with Gasteiger partial charge in [-0.2, -0.15) is 4.31 Å². The molecular weight excluding hydrogens is 252 g/mol. The molecule has 7 heteroatoms. The lowest BCUT2D eigenvalue weighted by molar-refractivity contribution is 0.159. The van der Waals surface area contributed by atoms with E-state index in [0.717, 1.165) is 32.5 Å². The van der Waals surface area contributed by atoms with E-state index in [1.807, 2.05) is 0 Å². The van der Waals surface area contributed by atoms with Crippen molar-refractivity contribution in [1.29, 1.82) is 5.41 Å². The number of rotatable bonds is 5. The Morgan fingerprint density at radius 2 is 1.83 bits per heavy atom. The molecule has 1 saturated carbocycles. The Hall–Kier alpha value is -0.660. The van der Waals surface area contributed by atoms with Gasteiger partial charge in [-0.25, -0.2) is 8.42 Å². The van der Waals surface area contributed by atoms with E-state index in [9.17, 15) is 8.42 Å². The maximum atomic E-state index is 11.4. The molecule has 2 aliphatic rings. The van der Waals surface area contributed by atoms with Gasteiger partial charge in [0.1, 0.15) is 0 Å². The van der Waals surface area contributed by atoms with Crippen LogP contribution in [0, 0.1) is 10.8 Å². The number of nitrogens with two attached hydrogens (primary N) is 1. The Morgan fingerprint density at radius 3 is 2.22 bits per heavy atom. The van der Waals surface area contributed by atoms with E-state index in [-0.39, 0.29) is 11.3 Å². The van der Waals surface area contributed by atoms with E-state index in [0.29, 0.717) is 19.5 Å². The predicted molar refractivity (Wildman–Crippen MR) is 71.1 cm³/mol. The summed E-state index contributed by atoms with van der Waals surface area (Å²) >= 11 is 0. The molecule has 0 radical (unpaired) electrons. The topological polar surface area (TPSA) is 90.5 Å². The van der Waals surface area contributed by atoms with Crippen molar-refractivity contribution in [2.75, 3.05) is 39.0 Å². The van der Waals surface area contributed by atoms with Crippen molar-refractivity contribution in [1.82, 2.24) is 9.21 Å². The van der Waals surface area contributed by atoms with Crippen molar-refractivity contribution >= 4 is 15.9 Å². The highest BCUT2D eigenvalue weighted by Crippen LogP contribution is 2.49. The molecular formula is C11H22N4O2S. The van der Waals surface area contributed by atoms with Gasteiger partial charge >= 0.3 is 0 Å². The van der Waals surface area contributed by atoms with Crippen LogP contribution >= 0.6 is 0 Å². The molecule has 0 aromatic heterocycles. The van der Waals surface area contributed by atoms with Gasteiger partial charge in [0.25, 0.3) is 0 Å². The number of piperazine rings is 1. The molecule has 0 aromatic rings. The molecule has 0 spiro atoms. The standard InChI is InChI=1S/C11H22N4O2S/c1-18(16,17)15-6-4-14(5-7-15)9-11(2-3-11)8-10(12)13/h2-9H2,1H3,(H3,12,13). The minimum atomic E-state index is -3.04. The first-order chi connectivity index (χ1) is 8.31. The average molecular weight is 274 g/mol. The van der Waals surface area contributed by atoms with Gasteiger partial charge in [-0.1, -0.05) is 0 Å². The Kier molecular flexibility index (Phi) is 3.66. The van der Waals surface area contributed by atoms with E-state index in [1.54, 1.807) is 0 Å². The van der Waals surface area contributed by atoms with Crippen molar-refractivity contribution in [2.45, 2.75) is 19.3 Å². The summed E-state index contributed by atoms with van der Waals surface area (Å²) in [6.07, 6.45) is 4.22. The Morgan fingerprint density at radius 1 is 1.28 bits per heavy atom. The van der Waals surface area contributed by atoms with Crippen molar-refractivity contribution in [2.24, 2.45) is 11.1 Å². The number of amidine groups is 1. The van der Waals surface area contributed by atoms with Gasteiger partial charge in [-0.3, -0.25) is 5.41 Å². The third-order valence-electron chi connectivity index (χ3n) is 3.88. The molecule has 1 saturated heterocycles. The normalized spacial score (nSPS) is 24.9. The summed E-state index contributed by atoms with van der Waals surface area (Å²) in [4.78, 5) is 2.30. The molecule has 1 heterocycles. The number of nitrogens with zero attached hydrogens (tertiary/aromatic N) is 2. The maximum absolute atomic E-state index is 11.4. The highest BCUT2D eigenvalue weighted by Gasteiger charge is 2.44. The average Bonchev–Trinajstić information content (AvgIpc) is 2.96. The highest BCUT2D eigenvalue weighted by molar-refractivity contribution is 7.88. The first-order valence-electron chi connectivity index (χ1n) is 6.31. The van der Waals surface area contributed by atoms with Gasteiger partial charge in [0, 0.05) is 39.1 Å². The van der Waals surface area contributed by atoms with Crippen LogP contribution in [0.5, 0.6) is 0 Å². The van der Waals surface area contributed by atoms with Gasteiger partial charge < -0.3 is 10.6 Å². The van der Waals surface area contributed by atoms with Crippen molar-refractivity contribution in [3.63, 3.8) is 0 Å². The zero-order chi connectivity index (χ0) is 13.4. The molecule has 3 N–H and O–H groups in total. The Balaban J connectivity index is 1.82. The first kappa shape index (κ1) is 13.8. The zero-order valence-corrected chi connectivity index (χ0v) is 11.7. The summed E-state index contributed by atoms with van der Waals surface area (Å²) in [5.41, 5.74) is 5.69. The summed E-state index contributed by atoms with van der Waals surface area (Å²) < 4.78 is 24.3. The maximum Gasteiger partial charge on any atom is 0.211 e. The Bertz CT molecular complexity index is 422. The van der Waals surface area contributed by atoms with Crippen LogP contribution < -0.4 is 5.73 Å². The van der Waals surface area contributed by atoms with Crippen LogP contribution in [0.1, 0.15) is 19.3 Å². The molecule has 18 heavy (non-hydrogen) atoms. The summed E-state index contributed by atoms with van der Waals surface area (Å²) in [6, 6.07) is 0. The minimum Gasteiger partial charge on any atom is -0.388 e. The van der Waals surface area contributed by atoms with E-state index >= 15 is 0 Å². The Labute approximate surface area is 109 Å². The number of hydrogen-bond donors (Lipinski definition) is 2. The van der Waals surface area contributed by atoms with Crippen LogP contribution in [0.4, 0.5) is 0 Å². The second-order valence-electron chi connectivity index (χ2n) is 5.64. The number of hydrogen-bond acceptors (Lipinski definition) is 4. The van der Waals surface area contributed by atoms with Crippen molar-refractivity contribution in [3.05, 3.63) is 0 Å². The largest absolute Gasteiger partial charge is 0.388 e. The minimum absolute atomic E-state index is 0.207. The molecule has 0 amide bonds. The van der Waals surface area contributed by atoms with Crippen LogP contribution in [-0.2, 0) is 10.0 Å². The smallest absolute Gasteiger partial charge is 0.211 e. The van der Waals surface area contributed by atoms with Gasteiger partial charge in [-0.05, 0) is 18.3 Å². The molecule has 0 unspecified atom stereocenters. The molecule has 0 aromatic carbocycles. The van der Waals surface area contributed by atoms with Gasteiger partial charge in [-0.15, -0.1) is 0 Å². The lowest BCUT2D eigenvalue weighted by atomic mass is 10.0. The second-order valence-corrected chi connectivity index (χ2v) is 7.62. The zero-order valence-electron chi connectivity index (χ0n) is 10.9. The lowest BCUT2D eigenvalue weighted by Gasteiger charge is -2.35.